The van der Waals surface area contributed by atoms with E-state index >= 15 is 0 Å². The molecule has 0 bridgehead atoms. The predicted molar refractivity (Wildman–Crippen MR) is 99.0 cm³/mol. The fraction of sp³-hybridized carbons (Fsp3) is 0.0714. The van der Waals surface area contributed by atoms with Gasteiger partial charge in [0, 0.05) is 0 Å². The lowest BCUT2D eigenvalue weighted by atomic mass is 10.3. The number of nitrogens with one attached hydrogen (secondary N) is 1. The summed E-state index contributed by atoms with van der Waals surface area (Å²) in [6.07, 6.45) is 1.31. The molecule has 3 rings (SSSR count). The molecule has 2 heterocycles. The van der Waals surface area contributed by atoms with E-state index in [1.165, 1.54) is 28.3 Å². The number of thiophene rings is 1. The summed E-state index contributed by atoms with van der Waals surface area (Å²) in [4.78, 5) is 28.6. The van der Waals surface area contributed by atoms with Gasteiger partial charge in [0.1, 0.15) is 11.2 Å². The Kier molecular flexibility index (Phi) is 5.03. The summed E-state index contributed by atoms with van der Waals surface area (Å²) in [5.41, 5.74) is 0.389. The normalized spacial score (nSPS) is 11.0. The van der Waals surface area contributed by atoms with Crippen molar-refractivity contribution in [2.45, 2.75) is 6.54 Å². The molecule has 0 spiro atoms. The molecule has 10 heteroatoms. The number of carbonyl (C=O) groups is 1. The van der Waals surface area contributed by atoms with E-state index in [1.54, 1.807) is 11.4 Å². The van der Waals surface area contributed by atoms with Crippen LogP contribution in [0.25, 0.3) is 10.2 Å². The van der Waals surface area contributed by atoms with Gasteiger partial charge in [-0.25, -0.2) is 4.98 Å². The molecule has 3 aromatic rings. The van der Waals surface area contributed by atoms with Crippen molar-refractivity contribution in [3.05, 3.63) is 54.3 Å². The molecule has 1 aromatic carbocycles. The molecule has 0 atom stereocenters. The van der Waals surface area contributed by atoms with Crippen molar-refractivity contribution in [3.8, 4) is 0 Å². The van der Waals surface area contributed by atoms with Crippen LogP contribution in [0.1, 0.15) is 0 Å². The number of anilines is 1. The predicted octanol–water partition coefficient (Wildman–Crippen LogP) is 4.71. The molecule has 124 valence electrons. The van der Waals surface area contributed by atoms with E-state index in [2.05, 4.69) is 10.3 Å². The summed E-state index contributed by atoms with van der Waals surface area (Å²) < 4.78 is 1.68. The number of amides is 1. The lowest BCUT2D eigenvalue weighted by Gasteiger charge is -2.12. The van der Waals surface area contributed by atoms with Gasteiger partial charge < -0.3 is 5.32 Å². The molecule has 0 saturated heterocycles. The summed E-state index contributed by atoms with van der Waals surface area (Å²) in [5.74, 6) is -0.517. The van der Waals surface area contributed by atoms with Gasteiger partial charge in [0.15, 0.2) is 0 Å². The van der Waals surface area contributed by atoms with Crippen LogP contribution in [0.15, 0.2) is 28.6 Å². The van der Waals surface area contributed by atoms with Crippen LogP contribution >= 0.6 is 57.7 Å². The van der Waals surface area contributed by atoms with Crippen LogP contribution < -0.4 is 10.9 Å². The Morgan fingerprint density at radius 2 is 1.88 bits per heavy atom. The first-order chi connectivity index (χ1) is 11.4. The van der Waals surface area contributed by atoms with Crippen molar-refractivity contribution in [1.82, 2.24) is 9.55 Å². The number of benzene rings is 1. The Morgan fingerprint density at radius 1 is 1.21 bits per heavy atom. The Labute approximate surface area is 159 Å². The molecule has 0 aliphatic carbocycles. The van der Waals surface area contributed by atoms with Crippen LogP contribution in [0.5, 0.6) is 0 Å². The molecule has 2 aromatic heterocycles. The van der Waals surface area contributed by atoms with Gasteiger partial charge in [0.2, 0.25) is 5.91 Å². The second-order valence-electron chi connectivity index (χ2n) is 4.70. The SMILES string of the molecule is O=C(Cn1cnc2ccsc2c1=O)Nc1c(Cl)c(Cl)cc(Cl)c1Cl. The minimum Gasteiger partial charge on any atom is -0.322 e. The van der Waals surface area contributed by atoms with Gasteiger partial charge in [0.25, 0.3) is 5.56 Å². The van der Waals surface area contributed by atoms with Crippen LogP contribution in [-0.4, -0.2) is 15.5 Å². The topological polar surface area (TPSA) is 64.0 Å². The van der Waals surface area contributed by atoms with Gasteiger partial charge in [-0.15, -0.1) is 11.3 Å². The number of hydrogen-bond donors (Lipinski definition) is 1. The van der Waals surface area contributed by atoms with E-state index in [9.17, 15) is 9.59 Å². The number of carbonyl (C=O) groups excluding carboxylic acids is 1. The maximum atomic E-state index is 12.3. The van der Waals surface area contributed by atoms with E-state index < -0.39 is 5.91 Å². The van der Waals surface area contributed by atoms with Crippen molar-refractivity contribution >= 4 is 79.6 Å². The van der Waals surface area contributed by atoms with Crippen molar-refractivity contribution in [2.24, 2.45) is 0 Å². The molecule has 0 unspecified atom stereocenters. The zero-order valence-electron chi connectivity index (χ0n) is 11.6. The quantitative estimate of drug-likeness (QED) is 0.621. The Bertz CT molecular complexity index is 989. The van der Waals surface area contributed by atoms with E-state index in [4.69, 9.17) is 46.4 Å². The van der Waals surface area contributed by atoms with Crippen molar-refractivity contribution in [1.29, 1.82) is 0 Å². The first-order valence-electron chi connectivity index (χ1n) is 6.44. The zero-order valence-corrected chi connectivity index (χ0v) is 15.5. The largest absolute Gasteiger partial charge is 0.322 e. The standard InChI is InChI=1S/C14H7Cl4N3O2S/c15-6-3-7(16)11(18)12(10(6)17)20-9(22)4-21-5-19-8-1-2-24-13(8)14(21)23/h1-3,5H,4H2,(H,20,22). The Balaban J connectivity index is 1.88. The highest BCUT2D eigenvalue weighted by Crippen LogP contribution is 2.40. The van der Waals surface area contributed by atoms with E-state index in [-0.39, 0.29) is 37.9 Å². The number of aromatic nitrogens is 2. The second kappa shape index (κ2) is 6.90. The molecular formula is C14H7Cl4N3O2S. The second-order valence-corrected chi connectivity index (χ2v) is 7.19. The first-order valence-corrected chi connectivity index (χ1v) is 8.83. The third kappa shape index (κ3) is 3.25. The highest BCUT2D eigenvalue weighted by molar-refractivity contribution is 7.17. The third-order valence-electron chi connectivity index (χ3n) is 3.13. The summed E-state index contributed by atoms with van der Waals surface area (Å²) >= 11 is 25.2. The van der Waals surface area contributed by atoms with Crippen LogP contribution in [0.4, 0.5) is 5.69 Å². The average Bonchev–Trinajstić information content (AvgIpc) is 3.02. The molecule has 5 nitrogen and oxygen atoms in total. The fourth-order valence-corrected chi connectivity index (χ4v) is 3.70. The van der Waals surface area contributed by atoms with Crippen LogP contribution in [0.2, 0.25) is 20.1 Å². The van der Waals surface area contributed by atoms with Crippen molar-refractivity contribution < 1.29 is 4.79 Å². The summed E-state index contributed by atoms with van der Waals surface area (Å²) in [6.45, 7) is -0.254. The van der Waals surface area contributed by atoms with Crippen molar-refractivity contribution in [2.75, 3.05) is 5.32 Å². The molecule has 1 N–H and O–H groups in total. The molecule has 0 fully saturated rings. The van der Waals surface area contributed by atoms with E-state index in [0.717, 1.165) is 0 Å². The van der Waals surface area contributed by atoms with Crippen LogP contribution in [0.3, 0.4) is 0 Å². The van der Waals surface area contributed by atoms with Gasteiger partial charge in [-0.2, -0.15) is 0 Å². The van der Waals surface area contributed by atoms with E-state index in [1.807, 2.05) is 0 Å². The van der Waals surface area contributed by atoms with Gasteiger partial charge in [-0.3, -0.25) is 14.2 Å². The Hall–Kier alpha value is -1.31. The smallest absolute Gasteiger partial charge is 0.271 e. The molecule has 0 radical (unpaired) electrons. The Morgan fingerprint density at radius 3 is 2.54 bits per heavy atom. The highest BCUT2D eigenvalue weighted by atomic mass is 35.5. The lowest BCUT2D eigenvalue weighted by molar-refractivity contribution is -0.116. The molecule has 0 aliphatic heterocycles. The molecule has 0 saturated carbocycles. The number of halogens is 4. The minimum absolute atomic E-state index is 0.0681. The molecule has 0 aliphatic rings. The number of nitrogens with zero attached hydrogens (tertiary/aromatic N) is 2. The van der Waals surface area contributed by atoms with E-state index in [0.29, 0.717) is 10.2 Å². The number of rotatable bonds is 3. The van der Waals surface area contributed by atoms with Crippen LogP contribution in [0, 0.1) is 0 Å². The highest BCUT2D eigenvalue weighted by Gasteiger charge is 2.17. The molecule has 24 heavy (non-hydrogen) atoms. The molecule has 1 amide bonds. The number of hydrogen-bond acceptors (Lipinski definition) is 4. The monoisotopic (exact) mass is 421 g/mol. The zero-order chi connectivity index (χ0) is 17.4. The maximum absolute atomic E-state index is 12.3. The molecular weight excluding hydrogens is 416 g/mol. The summed E-state index contributed by atoms with van der Waals surface area (Å²) in [7, 11) is 0. The number of fused-ring (bicyclic) bond motifs is 1. The average molecular weight is 423 g/mol. The lowest BCUT2D eigenvalue weighted by Crippen LogP contribution is -2.27. The van der Waals surface area contributed by atoms with Crippen LogP contribution in [-0.2, 0) is 11.3 Å². The van der Waals surface area contributed by atoms with Gasteiger partial charge in [-0.05, 0) is 17.5 Å². The van der Waals surface area contributed by atoms with Gasteiger partial charge in [-0.1, -0.05) is 46.4 Å². The third-order valence-corrected chi connectivity index (χ3v) is 5.59. The summed E-state index contributed by atoms with van der Waals surface area (Å²) in [6, 6.07) is 3.11. The van der Waals surface area contributed by atoms with Crippen molar-refractivity contribution in [3.63, 3.8) is 0 Å². The van der Waals surface area contributed by atoms with Gasteiger partial charge >= 0.3 is 0 Å². The van der Waals surface area contributed by atoms with Gasteiger partial charge in [0.05, 0.1) is 37.6 Å². The summed E-state index contributed by atoms with van der Waals surface area (Å²) in [5, 5.41) is 4.73. The fourth-order valence-electron chi connectivity index (χ4n) is 2.01. The maximum Gasteiger partial charge on any atom is 0.271 e. The first kappa shape index (κ1) is 17.5. The minimum atomic E-state index is -0.517.